The van der Waals surface area contributed by atoms with Crippen LogP contribution >= 0.6 is 0 Å². The number of carbonyl (C=O) groups excluding carboxylic acids is 3. The molecule has 5 heteroatoms. The first-order valence-corrected chi connectivity index (χ1v) is 10.0. The number of rotatable bonds is 3. The molecule has 2 aliphatic rings. The summed E-state index contributed by atoms with van der Waals surface area (Å²) in [7, 11) is 1.41. The number of benzene rings is 1. The van der Waals surface area contributed by atoms with Crippen LogP contribution in [0.25, 0.3) is 0 Å². The van der Waals surface area contributed by atoms with Gasteiger partial charge in [-0.3, -0.25) is 14.4 Å². The van der Waals surface area contributed by atoms with E-state index in [1.807, 2.05) is 32.9 Å². The third kappa shape index (κ3) is 3.05. The molecule has 0 spiro atoms. The maximum absolute atomic E-state index is 13.1. The van der Waals surface area contributed by atoms with Crippen molar-refractivity contribution in [2.45, 2.75) is 71.6 Å². The number of Topliss-reactive ketones (excluding diaryl/α,β-unsaturated/α-hetero) is 1. The molecule has 1 fully saturated rings. The summed E-state index contributed by atoms with van der Waals surface area (Å²) in [5, 5.41) is 0. The van der Waals surface area contributed by atoms with Gasteiger partial charge in [0.2, 0.25) is 0 Å². The van der Waals surface area contributed by atoms with Gasteiger partial charge in [-0.2, -0.15) is 0 Å². The van der Waals surface area contributed by atoms with Gasteiger partial charge in [0.25, 0.3) is 0 Å². The number of hydrogen-bond donors (Lipinski definition) is 0. The lowest BCUT2D eigenvalue weighted by Gasteiger charge is -2.53. The molecule has 0 aliphatic heterocycles. The summed E-state index contributed by atoms with van der Waals surface area (Å²) in [6, 6.07) is 3.77. The smallest absolute Gasteiger partial charge is 0.311 e. The maximum atomic E-state index is 13.1. The molecule has 0 radical (unpaired) electrons. The molecular formula is C23H30O5. The number of ketones is 1. The lowest BCUT2D eigenvalue weighted by Crippen LogP contribution is -2.53. The Balaban J connectivity index is 2.21. The first-order valence-electron chi connectivity index (χ1n) is 10.0. The summed E-state index contributed by atoms with van der Waals surface area (Å²) < 4.78 is 10.6. The molecule has 5 nitrogen and oxygen atoms in total. The summed E-state index contributed by atoms with van der Waals surface area (Å²) in [4.78, 5) is 37.5. The first kappa shape index (κ1) is 20.6. The number of fused-ring (bicyclic) bond motifs is 3. The highest BCUT2D eigenvalue weighted by Gasteiger charge is 2.57. The molecule has 1 aromatic carbocycles. The fourth-order valence-electron chi connectivity index (χ4n) is 5.41. The molecule has 0 aromatic heterocycles. The van der Waals surface area contributed by atoms with Gasteiger partial charge in [-0.1, -0.05) is 27.2 Å². The quantitative estimate of drug-likeness (QED) is 0.563. The van der Waals surface area contributed by atoms with E-state index in [4.69, 9.17) is 9.47 Å². The Bertz CT molecular complexity index is 840. The van der Waals surface area contributed by atoms with E-state index in [1.54, 1.807) is 0 Å². The Kier molecular flexibility index (Phi) is 5.15. The molecule has 2 aliphatic carbocycles. The predicted octanol–water partition coefficient (Wildman–Crippen LogP) is 4.56. The molecule has 0 amide bonds. The molecule has 1 saturated carbocycles. The molecule has 28 heavy (non-hydrogen) atoms. The van der Waals surface area contributed by atoms with Crippen molar-refractivity contribution in [1.29, 1.82) is 0 Å². The van der Waals surface area contributed by atoms with E-state index in [-0.39, 0.29) is 35.0 Å². The van der Waals surface area contributed by atoms with Crippen LogP contribution in [0, 0.1) is 11.3 Å². The van der Waals surface area contributed by atoms with Gasteiger partial charge >= 0.3 is 11.9 Å². The fourth-order valence-corrected chi connectivity index (χ4v) is 5.41. The lowest BCUT2D eigenvalue weighted by molar-refractivity contribution is -0.160. The number of ether oxygens (including phenoxy) is 2. The molecule has 152 valence electrons. The molecule has 0 heterocycles. The van der Waals surface area contributed by atoms with Gasteiger partial charge in [-0.05, 0) is 60.3 Å². The Hall–Kier alpha value is -2.17. The van der Waals surface area contributed by atoms with Gasteiger partial charge in [0.1, 0.15) is 5.75 Å². The van der Waals surface area contributed by atoms with Gasteiger partial charge in [-0.15, -0.1) is 0 Å². The largest absolute Gasteiger partial charge is 0.469 e. The number of methoxy groups -OCH3 is 1. The van der Waals surface area contributed by atoms with E-state index in [9.17, 15) is 14.4 Å². The molecule has 0 bridgehead atoms. The van der Waals surface area contributed by atoms with Gasteiger partial charge in [-0.25, -0.2) is 0 Å². The van der Waals surface area contributed by atoms with Crippen LogP contribution < -0.4 is 4.74 Å². The maximum Gasteiger partial charge on any atom is 0.311 e. The number of esters is 2. The average Bonchev–Trinajstić information content (AvgIpc) is 2.62. The highest BCUT2D eigenvalue weighted by Crippen LogP contribution is 2.58. The van der Waals surface area contributed by atoms with Crippen LogP contribution in [0.5, 0.6) is 5.75 Å². The molecule has 3 atom stereocenters. The Morgan fingerprint density at radius 2 is 1.86 bits per heavy atom. The third-order valence-electron chi connectivity index (χ3n) is 6.91. The molecular weight excluding hydrogens is 356 g/mol. The Labute approximate surface area is 166 Å². The average molecular weight is 386 g/mol. The van der Waals surface area contributed by atoms with E-state index in [0.29, 0.717) is 24.2 Å². The van der Waals surface area contributed by atoms with Crippen LogP contribution in [0.3, 0.4) is 0 Å². The van der Waals surface area contributed by atoms with E-state index in [0.717, 1.165) is 24.0 Å². The van der Waals surface area contributed by atoms with Crippen molar-refractivity contribution in [2.24, 2.45) is 11.3 Å². The third-order valence-corrected chi connectivity index (χ3v) is 6.91. The van der Waals surface area contributed by atoms with Crippen LogP contribution in [0.15, 0.2) is 12.1 Å². The fraction of sp³-hybridized carbons (Fsp3) is 0.609. The van der Waals surface area contributed by atoms with Gasteiger partial charge < -0.3 is 9.47 Å². The van der Waals surface area contributed by atoms with Crippen LogP contribution in [0.2, 0.25) is 0 Å². The Morgan fingerprint density at radius 3 is 2.43 bits per heavy atom. The molecule has 3 rings (SSSR count). The van der Waals surface area contributed by atoms with Crippen LogP contribution in [-0.4, -0.2) is 24.8 Å². The molecule has 0 saturated heterocycles. The topological polar surface area (TPSA) is 69.7 Å². The highest BCUT2D eigenvalue weighted by atomic mass is 16.5. The van der Waals surface area contributed by atoms with E-state index in [1.165, 1.54) is 14.0 Å². The van der Waals surface area contributed by atoms with E-state index < -0.39 is 5.41 Å². The van der Waals surface area contributed by atoms with Crippen molar-refractivity contribution in [3.63, 3.8) is 0 Å². The summed E-state index contributed by atoms with van der Waals surface area (Å²) in [5.74, 6) is -0.0968. The second-order valence-electron chi connectivity index (χ2n) is 9.04. The second kappa shape index (κ2) is 7.02. The van der Waals surface area contributed by atoms with Crippen molar-refractivity contribution in [3.8, 4) is 5.75 Å². The summed E-state index contributed by atoms with van der Waals surface area (Å²) in [6.07, 6.45) is 2.80. The van der Waals surface area contributed by atoms with Gasteiger partial charge in [0.05, 0.1) is 12.5 Å². The van der Waals surface area contributed by atoms with Crippen molar-refractivity contribution in [1.82, 2.24) is 0 Å². The monoisotopic (exact) mass is 386 g/mol. The SMILES string of the molecule is COC(=O)[C@@]1(C)CCC[C@]2(C)c3cc(OC(C)=O)c(C(C)C)cc3C(=O)C[C@@H]12. The predicted molar refractivity (Wildman–Crippen MR) is 106 cm³/mol. The van der Waals surface area contributed by atoms with Crippen molar-refractivity contribution in [2.75, 3.05) is 7.11 Å². The lowest BCUT2D eigenvalue weighted by atomic mass is 9.49. The van der Waals surface area contributed by atoms with Gasteiger partial charge in [0.15, 0.2) is 5.78 Å². The summed E-state index contributed by atoms with van der Waals surface area (Å²) >= 11 is 0. The minimum atomic E-state index is -0.701. The molecule has 1 aromatic rings. The zero-order valence-corrected chi connectivity index (χ0v) is 17.7. The van der Waals surface area contributed by atoms with Crippen LogP contribution in [0.4, 0.5) is 0 Å². The molecule has 0 unspecified atom stereocenters. The normalized spacial score (nSPS) is 29.1. The van der Waals surface area contributed by atoms with Gasteiger partial charge in [0, 0.05) is 18.9 Å². The first-order chi connectivity index (χ1) is 13.0. The zero-order valence-electron chi connectivity index (χ0n) is 17.7. The Morgan fingerprint density at radius 1 is 1.18 bits per heavy atom. The number of hydrogen-bond acceptors (Lipinski definition) is 5. The highest BCUT2D eigenvalue weighted by molar-refractivity contribution is 6.00. The summed E-state index contributed by atoms with van der Waals surface area (Å²) in [5.41, 5.74) is 1.40. The minimum absolute atomic E-state index is 0.0470. The molecule has 0 N–H and O–H groups in total. The zero-order chi connectivity index (χ0) is 20.9. The standard InChI is InChI=1S/C23H30O5/c1-13(2)15-10-16-17(11-19(15)28-14(3)24)22(4)8-7-9-23(5,21(26)27-6)20(22)12-18(16)25/h10-11,13,20H,7-9,12H2,1-6H3/t20-,22-,23+/m1/s1. The van der Waals surface area contributed by atoms with Crippen LogP contribution in [-0.2, 0) is 19.7 Å². The van der Waals surface area contributed by atoms with Crippen LogP contribution in [0.1, 0.15) is 87.7 Å². The van der Waals surface area contributed by atoms with E-state index in [2.05, 4.69) is 6.92 Å². The summed E-state index contributed by atoms with van der Waals surface area (Å²) in [6.45, 7) is 9.47. The van der Waals surface area contributed by atoms with Crippen molar-refractivity contribution >= 4 is 17.7 Å². The van der Waals surface area contributed by atoms with Crippen molar-refractivity contribution in [3.05, 3.63) is 28.8 Å². The number of carbonyl (C=O) groups is 3. The van der Waals surface area contributed by atoms with Crippen molar-refractivity contribution < 1.29 is 23.9 Å². The van der Waals surface area contributed by atoms with E-state index >= 15 is 0 Å². The second-order valence-corrected chi connectivity index (χ2v) is 9.04. The minimum Gasteiger partial charge on any atom is -0.469 e.